The second kappa shape index (κ2) is 5.37. The lowest BCUT2D eigenvalue weighted by molar-refractivity contribution is 1.07. The topological polar surface area (TPSA) is 69.6 Å². The highest BCUT2D eigenvalue weighted by molar-refractivity contribution is 6.28. The van der Waals surface area contributed by atoms with Gasteiger partial charge >= 0.3 is 0 Å². The van der Waals surface area contributed by atoms with Gasteiger partial charge in [-0.2, -0.15) is 4.98 Å². The Morgan fingerprint density at radius 1 is 0.957 bits per heavy atom. The molecule has 4 rings (SSSR count). The van der Waals surface area contributed by atoms with Crippen LogP contribution in [0.15, 0.2) is 60.8 Å². The van der Waals surface area contributed by atoms with Crippen LogP contribution in [0.4, 0.5) is 5.69 Å². The van der Waals surface area contributed by atoms with Crippen LogP contribution in [0.2, 0.25) is 5.28 Å². The lowest BCUT2D eigenvalue weighted by atomic mass is 10.2. The summed E-state index contributed by atoms with van der Waals surface area (Å²) in [4.78, 5) is 13.0. The van der Waals surface area contributed by atoms with Crippen molar-refractivity contribution < 1.29 is 0 Å². The highest BCUT2D eigenvalue weighted by atomic mass is 35.5. The van der Waals surface area contributed by atoms with E-state index >= 15 is 0 Å². The molecular weight excluding hydrogens is 310 g/mol. The smallest absolute Gasteiger partial charge is 0.224 e. The number of aromatic nitrogens is 4. The molecule has 0 amide bonds. The number of fused-ring (bicyclic) bond motifs is 1. The maximum Gasteiger partial charge on any atom is 0.224 e. The Kier molecular flexibility index (Phi) is 3.20. The van der Waals surface area contributed by atoms with E-state index in [1.54, 1.807) is 6.20 Å². The van der Waals surface area contributed by atoms with Crippen molar-refractivity contribution >= 4 is 28.5 Å². The lowest BCUT2D eigenvalue weighted by Gasteiger charge is -2.09. The van der Waals surface area contributed by atoms with E-state index in [1.807, 2.05) is 59.2 Å². The van der Waals surface area contributed by atoms with Crippen LogP contribution in [0.25, 0.3) is 28.2 Å². The summed E-state index contributed by atoms with van der Waals surface area (Å²) >= 11 is 5.98. The second-order valence-electron chi connectivity index (χ2n) is 5.08. The van der Waals surface area contributed by atoms with Gasteiger partial charge in [-0.15, -0.1) is 0 Å². The molecule has 0 aliphatic heterocycles. The van der Waals surface area contributed by atoms with Crippen LogP contribution >= 0.6 is 11.6 Å². The molecule has 0 bridgehead atoms. The fourth-order valence-electron chi connectivity index (χ4n) is 2.54. The summed E-state index contributed by atoms with van der Waals surface area (Å²) in [6, 6.07) is 17.5. The van der Waals surface area contributed by atoms with Crippen LogP contribution in [0.1, 0.15) is 0 Å². The zero-order valence-electron chi connectivity index (χ0n) is 12.0. The maximum atomic E-state index is 5.98. The molecule has 0 fully saturated rings. The Bertz CT molecular complexity index is 994. The summed E-state index contributed by atoms with van der Waals surface area (Å²) in [6.07, 6.45) is 1.62. The minimum absolute atomic E-state index is 0.183. The van der Waals surface area contributed by atoms with Gasteiger partial charge in [-0.3, -0.25) is 4.57 Å². The molecule has 112 valence electrons. The summed E-state index contributed by atoms with van der Waals surface area (Å²) in [6.45, 7) is 0. The van der Waals surface area contributed by atoms with Crippen LogP contribution in [-0.4, -0.2) is 19.5 Å². The van der Waals surface area contributed by atoms with Crippen molar-refractivity contribution in [1.29, 1.82) is 0 Å². The van der Waals surface area contributed by atoms with E-state index in [1.165, 1.54) is 0 Å². The van der Waals surface area contributed by atoms with Gasteiger partial charge in [0.05, 0.1) is 11.9 Å². The summed E-state index contributed by atoms with van der Waals surface area (Å²) in [5.74, 6) is 0.766. The molecule has 6 heteroatoms. The number of rotatable bonds is 2. The number of anilines is 1. The molecular formula is C17H12ClN5. The van der Waals surface area contributed by atoms with Crippen LogP contribution in [0.3, 0.4) is 0 Å². The molecule has 0 saturated heterocycles. The average molecular weight is 322 g/mol. The third-order valence-corrected chi connectivity index (χ3v) is 3.71. The molecule has 5 nitrogen and oxygen atoms in total. The van der Waals surface area contributed by atoms with Gasteiger partial charge in [0.15, 0.2) is 5.65 Å². The molecule has 2 aromatic heterocycles. The SMILES string of the molecule is Nc1cccc(-n2c(-c3ccccc3)nc3cnc(Cl)nc32)c1. The summed E-state index contributed by atoms with van der Waals surface area (Å²) in [5, 5.41) is 0.183. The van der Waals surface area contributed by atoms with Crippen LogP contribution in [0, 0.1) is 0 Å². The zero-order valence-corrected chi connectivity index (χ0v) is 12.8. The van der Waals surface area contributed by atoms with Crippen molar-refractivity contribution in [3.63, 3.8) is 0 Å². The van der Waals surface area contributed by atoms with Gasteiger partial charge in [-0.1, -0.05) is 36.4 Å². The highest BCUT2D eigenvalue weighted by Gasteiger charge is 2.16. The first-order valence-corrected chi connectivity index (χ1v) is 7.42. The first kappa shape index (κ1) is 13.7. The van der Waals surface area contributed by atoms with E-state index in [0.29, 0.717) is 16.9 Å². The van der Waals surface area contributed by atoms with Crippen molar-refractivity contribution in [2.45, 2.75) is 0 Å². The van der Waals surface area contributed by atoms with E-state index in [9.17, 15) is 0 Å². The summed E-state index contributed by atoms with van der Waals surface area (Å²) in [7, 11) is 0. The van der Waals surface area contributed by atoms with Crippen molar-refractivity contribution in [3.05, 3.63) is 66.1 Å². The summed E-state index contributed by atoms with van der Waals surface area (Å²) < 4.78 is 1.94. The van der Waals surface area contributed by atoms with Crippen molar-refractivity contribution in [3.8, 4) is 17.1 Å². The van der Waals surface area contributed by atoms with Crippen LogP contribution in [0.5, 0.6) is 0 Å². The number of hydrogen-bond acceptors (Lipinski definition) is 4. The summed E-state index contributed by atoms with van der Waals surface area (Å²) in [5.41, 5.74) is 9.78. The predicted molar refractivity (Wildman–Crippen MR) is 91.5 cm³/mol. The molecule has 0 spiro atoms. The normalized spacial score (nSPS) is 11.0. The van der Waals surface area contributed by atoms with E-state index in [4.69, 9.17) is 17.3 Å². The molecule has 0 aliphatic rings. The number of imidazole rings is 1. The Hall–Kier alpha value is -2.92. The molecule has 2 heterocycles. The number of hydrogen-bond donors (Lipinski definition) is 1. The molecule has 0 saturated carbocycles. The second-order valence-corrected chi connectivity index (χ2v) is 5.42. The highest BCUT2D eigenvalue weighted by Crippen LogP contribution is 2.28. The quantitative estimate of drug-likeness (QED) is 0.451. The van der Waals surface area contributed by atoms with Crippen molar-refractivity contribution in [2.24, 2.45) is 0 Å². The Labute approximate surface area is 137 Å². The third kappa shape index (κ3) is 2.41. The van der Waals surface area contributed by atoms with E-state index in [-0.39, 0.29) is 5.28 Å². The molecule has 2 N–H and O–H groups in total. The minimum Gasteiger partial charge on any atom is -0.399 e. The number of nitrogens with two attached hydrogens (primary N) is 1. The molecule has 2 aromatic carbocycles. The zero-order chi connectivity index (χ0) is 15.8. The molecule has 0 atom stereocenters. The van der Waals surface area contributed by atoms with E-state index in [2.05, 4.69) is 15.0 Å². The van der Waals surface area contributed by atoms with E-state index < -0.39 is 0 Å². The van der Waals surface area contributed by atoms with Gasteiger partial charge in [-0.05, 0) is 29.8 Å². The van der Waals surface area contributed by atoms with Gasteiger partial charge in [0, 0.05) is 11.3 Å². The fraction of sp³-hybridized carbons (Fsp3) is 0. The van der Waals surface area contributed by atoms with Crippen LogP contribution < -0.4 is 5.73 Å². The minimum atomic E-state index is 0.183. The van der Waals surface area contributed by atoms with Gasteiger partial charge in [0.25, 0.3) is 0 Å². The Morgan fingerprint density at radius 3 is 2.57 bits per heavy atom. The standard InChI is InChI=1S/C17H12ClN5/c18-17-20-10-14-16(22-17)23(13-8-4-7-12(19)9-13)15(21-14)11-5-2-1-3-6-11/h1-10H,19H2. The number of benzene rings is 2. The van der Waals surface area contributed by atoms with Crippen molar-refractivity contribution in [2.75, 3.05) is 5.73 Å². The van der Waals surface area contributed by atoms with Gasteiger partial charge in [0.2, 0.25) is 5.28 Å². The molecule has 23 heavy (non-hydrogen) atoms. The third-order valence-electron chi connectivity index (χ3n) is 3.53. The molecule has 4 aromatic rings. The fourth-order valence-corrected chi connectivity index (χ4v) is 2.67. The molecule has 0 radical (unpaired) electrons. The van der Waals surface area contributed by atoms with Crippen LogP contribution in [-0.2, 0) is 0 Å². The number of nitrogen functional groups attached to an aromatic ring is 1. The van der Waals surface area contributed by atoms with Crippen molar-refractivity contribution in [1.82, 2.24) is 19.5 Å². The lowest BCUT2D eigenvalue weighted by Crippen LogP contribution is -2.00. The van der Waals surface area contributed by atoms with Gasteiger partial charge in [-0.25, -0.2) is 9.97 Å². The first-order chi connectivity index (χ1) is 11.2. The first-order valence-electron chi connectivity index (χ1n) is 7.05. The number of nitrogens with zero attached hydrogens (tertiary/aromatic N) is 4. The average Bonchev–Trinajstić information content (AvgIpc) is 2.94. The Morgan fingerprint density at radius 2 is 1.78 bits per heavy atom. The van der Waals surface area contributed by atoms with Gasteiger partial charge in [0.1, 0.15) is 11.3 Å². The molecule has 0 unspecified atom stereocenters. The van der Waals surface area contributed by atoms with E-state index in [0.717, 1.165) is 17.1 Å². The number of halogens is 1. The monoisotopic (exact) mass is 321 g/mol. The molecule has 0 aliphatic carbocycles. The predicted octanol–water partition coefficient (Wildman–Crippen LogP) is 3.72. The van der Waals surface area contributed by atoms with Gasteiger partial charge < -0.3 is 5.73 Å². The largest absolute Gasteiger partial charge is 0.399 e. The Balaban J connectivity index is 2.08. The maximum absolute atomic E-state index is 5.98.